The molecular formula is C15H22N4O2. The van der Waals surface area contributed by atoms with E-state index in [9.17, 15) is 4.79 Å². The van der Waals surface area contributed by atoms with Crippen molar-refractivity contribution >= 4 is 17.6 Å². The third-order valence-electron chi connectivity index (χ3n) is 2.36. The zero-order chi connectivity index (χ0) is 16.0. The number of nitrogens with two attached hydrogens (primary N) is 1. The fourth-order valence-corrected chi connectivity index (χ4v) is 1.40. The highest BCUT2D eigenvalue weighted by Gasteiger charge is 2.17. The molecule has 0 aliphatic heterocycles. The lowest BCUT2D eigenvalue weighted by atomic mass is 10.2. The lowest BCUT2D eigenvalue weighted by molar-refractivity contribution is 0.0549. The molecule has 0 bridgehead atoms. The van der Waals surface area contributed by atoms with E-state index in [1.807, 2.05) is 31.2 Å². The molecule has 114 valence electrons. The predicted octanol–water partition coefficient (Wildman–Crippen LogP) is 2.71. The first-order chi connectivity index (χ1) is 9.67. The van der Waals surface area contributed by atoms with E-state index in [0.717, 1.165) is 11.3 Å². The maximum Gasteiger partial charge on any atom is 0.412 e. The molecule has 0 atom stereocenters. The second-order valence-electron chi connectivity index (χ2n) is 5.61. The number of anilines is 1. The van der Waals surface area contributed by atoms with Crippen LogP contribution in [-0.4, -0.2) is 17.5 Å². The summed E-state index contributed by atoms with van der Waals surface area (Å²) in [5, 5.41) is 12.9. The number of rotatable bonds is 4. The molecule has 0 unspecified atom stereocenters. The number of hydrogen-bond donors (Lipinski definition) is 4. The SMILES string of the molecule is Cc1ccc(N/C=C(/NC(=O)OC(C)(C)C)C(=N)N)cc1. The van der Waals surface area contributed by atoms with Gasteiger partial charge in [0.1, 0.15) is 17.1 Å². The predicted molar refractivity (Wildman–Crippen MR) is 84.2 cm³/mol. The molecule has 5 N–H and O–H groups in total. The van der Waals surface area contributed by atoms with Crippen LogP contribution in [0.1, 0.15) is 26.3 Å². The minimum atomic E-state index is -0.658. The summed E-state index contributed by atoms with van der Waals surface area (Å²) in [7, 11) is 0. The van der Waals surface area contributed by atoms with Gasteiger partial charge in [-0.15, -0.1) is 0 Å². The lowest BCUT2D eigenvalue weighted by Crippen LogP contribution is -2.36. The van der Waals surface area contributed by atoms with Gasteiger partial charge in [-0.25, -0.2) is 4.79 Å². The fraction of sp³-hybridized carbons (Fsp3) is 0.333. The summed E-state index contributed by atoms with van der Waals surface area (Å²) in [5.74, 6) is -0.263. The van der Waals surface area contributed by atoms with E-state index in [0.29, 0.717) is 0 Å². The van der Waals surface area contributed by atoms with E-state index in [1.54, 1.807) is 20.8 Å². The molecule has 1 aromatic carbocycles. The van der Waals surface area contributed by atoms with Crippen molar-refractivity contribution in [3.63, 3.8) is 0 Å². The molecule has 0 saturated heterocycles. The van der Waals surface area contributed by atoms with Gasteiger partial charge in [0.2, 0.25) is 0 Å². The second kappa shape index (κ2) is 6.78. The van der Waals surface area contributed by atoms with Crippen LogP contribution in [0.25, 0.3) is 0 Å². The second-order valence-corrected chi connectivity index (χ2v) is 5.61. The van der Waals surface area contributed by atoms with Crippen molar-refractivity contribution in [3.05, 3.63) is 41.7 Å². The van der Waals surface area contributed by atoms with Gasteiger partial charge in [0.05, 0.1) is 0 Å². The number of nitrogens with one attached hydrogen (secondary N) is 3. The molecule has 0 aliphatic rings. The molecule has 0 fully saturated rings. The molecule has 1 amide bonds. The van der Waals surface area contributed by atoms with E-state index < -0.39 is 11.7 Å². The molecule has 0 aromatic heterocycles. The van der Waals surface area contributed by atoms with E-state index in [1.165, 1.54) is 6.20 Å². The monoisotopic (exact) mass is 290 g/mol. The summed E-state index contributed by atoms with van der Waals surface area (Å²) >= 11 is 0. The normalized spacial score (nSPS) is 11.7. The highest BCUT2D eigenvalue weighted by atomic mass is 16.6. The molecule has 0 saturated carbocycles. The maximum atomic E-state index is 11.7. The Kier molecular flexibility index (Phi) is 5.35. The molecule has 0 heterocycles. The summed E-state index contributed by atoms with van der Waals surface area (Å²) in [6.45, 7) is 7.27. The molecule has 0 aliphatic carbocycles. The van der Waals surface area contributed by atoms with Crippen LogP contribution < -0.4 is 16.4 Å². The molecule has 0 radical (unpaired) electrons. The van der Waals surface area contributed by atoms with Gasteiger partial charge in [0.15, 0.2) is 0 Å². The fourth-order valence-electron chi connectivity index (χ4n) is 1.40. The molecule has 1 rings (SSSR count). The molecule has 0 spiro atoms. The van der Waals surface area contributed by atoms with Crippen molar-refractivity contribution in [3.8, 4) is 0 Å². The van der Waals surface area contributed by atoms with Gasteiger partial charge in [-0.05, 0) is 39.8 Å². The number of amides is 1. The smallest absolute Gasteiger partial charge is 0.412 e. The Morgan fingerprint density at radius 3 is 2.33 bits per heavy atom. The van der Waals surface area contributed by atoms with Gasteiger partial charge in [0, 0.05) is 11.9 Å². The van der Waals surface area contributed by atoms with Crippen molar-refractivity contribution in [2.24, 2.45) is 5.73 Å². The van der Waals surface area contributed by atoms with Crippen molar-refractivity contribution in [1.29, 1.82) is 5.41 Å². The van der Waals surface area contributed by atoms with Crippen molar-refractivity contribution in [2.45, 2.75) is 33.3 Å². The third-order valence-corrected chi connectivity index (χ3v) is 2.36. The van der Waals surface area contributed by atoms with Crippen LogP contribution in [0.4, 0.5) is 10.5 Å². The number of hydrogen-bond acceptors (Lipinski definition) is 4. The van der Waals surface area contributed by atoms with Gasteiger partial charge in [-0.3, -0.25) is 10.7 Å². The third kappa shape index (κ3) is 6.47. The first kappa shape index (κ1) is 16.6. The molecular weight excluding hydrogens is 268 g/mol. The van der Waals surface area contributed by atoms with Gasteiger partial charge in [-0.1, -0.05) is 17.7 Å². The number of carbonyl (C=O) groups is 1. The number of amidine groups is 1. The van der Waals surface area contributed by atoms with Crippen LogP contribution in [0.3, 0.4) is 0 Å². The van der Waals surface area contributed by atoms with E-state index in [4.69, 9.17) is 15.9 Å². The van der Waals surface area contributed by atoms with Crippen molar-refractivity contribution in [2.75, 3.05) is 5.32 Å². The van der Waals surface area contributed by atoms with Crippen LogP contribution in [0.5, 0.6) is 0 Å². The number of carbonyl (C=O) groups excluding carboxylic acids is 1. The molecule has 1 aromatic rings. The van der Waals surface area contributed by atoms with Gasteiger partial charge in [-0.2, -0.15) is 0 Å². The molecule has 21 heavy (non-hydrogen) atoms. The highest BCUT2D eigenvalue weighted by molar-refractivity contribution is 5.97. The van der Waals surface area contributed by atoms with Crippen LogP contribution in [-0.2, 0) is 4.74 Å². The first-order valence-corrected chi connectivity index (χ1v) is 6.55. The first-order valence-electron chi connectivity index (χ1n) is 6.55. The van der Waals surface area contributed by atoms with Crippen LogP contribution in [0.2, 0.25) is 0 Å². The van der Waals surface area contributed by atoms with Crippen LogP contribution >= 0.6 is 0 Å². The maximum absolute atomic E-state index is 11.7. The van der Waals surface area contributed by atoms with Gasteiger partial charge in [0.25, 0.3) is 0 Å². The number of benzene rings is 1. The quantitative estimate of drug-likeness (QED) is 0.506. The standard InChI is InChI=1S/C15H22N4O2/c1-10-5-7-11(8-6-10)18-9-12(13(16)17)19-14(20)21-15(2,3)4/h5-9,18H,1-4H3,(H3,16,17)(H,19,20)/b12-9+. The largest absolute Gasteiger partial charge is 0.444 e. The zero-order valence-corrected chi connectivity index (χ0v) is 12.8. The van der Waals surface area contributed by atoms with Crippen molar-refractivity contribution < 1.29 is 9.53 Å². The van der Waals surface area contributed by atoms with E-state index in [2.05, 4.69) is 10.6 Å². The summed E-state index contributed by atoms with van der Waals surface area (Å²) in [6.07, 6.45) is 0.798. The Morgan fingerprint density at radius 2 is 1.86 bits per heavy atom. The van der Waals surface area contributed by atoms with Crippen molar-refractivity contribution in [1.82, 2.24) is 5.32 Å². The number of alkyl carbamates (subject to hydrolysis) is 1. The topological polar surface area (TPSA) is 100 Å². The van der Waals surface area contributed by atoms with E-state index >= 15 is 0 Å². The minimum absolute atomic E-state index is 0.143. The highest BCUT2D eigenvalue weighted by Crippen LogP contribution is 2.10. The minimum Gasteiger partial charge on any atom is -0.444 e. The Balaban J connectivity index is 2.73. The molecule has 6 nitrogen and oxygen atoms in total. The summed E-state index contributed by atoms with van der Waals surface area (Å²) < 4.78 is 5.12. The summed E-state index contributed by atoms with van der Waals surface area (Å²) in [5.41, 5.74) is 6.94. The van der Waals surface area contributed by atoms with Crippen LogP contribution in [0, 0.1) is 12.3 Å². The Morgan fingerprint density at radius 1 is 1.29 bits per heavy atom. The summed E-state index contributed by atoms with van der Waals surface area (Å²) in [4.78, 5) is 11.7. The Hall–Kier alpha value is -2.50. The zero-order valence-electron chi connectivity index (χ0n) is 12.8. The molecule has 6 heteroatoms. The van der Waals surface area contributed by atoms with E-state index in [-0.39, 0.29) is 11.5 Å². The Labute approximate surface area is 124 Å². The average molecular weight is 290 g/mol. The number of aryl methyl sites for hydroxylation is 1. The van der Waals surface area contributed by atoms with Gasteiger partial charge < -0.3 is 15.8 Å². The average Bonchev–Trinajstić information content (AvgIpc) is 2.33. The van der Waals surface area contributed by atoms with Crippen LogP contribution in [0.15, 0.2) is 36.2 Å². The number of ether oxygens (including phenoxy) is 1. The Bertz CT molecular complexity index is 542. The lowest BCUT2D eigenvalue weighted by Gasteiger charge is -2.20. The summed E-state index contributed by atoms with van der Waals surface area (Å²) in [6, 6.07) is 7.67. The van der Waals surface area contributed by atoms with Gasteiger partial charge >= 0.3 is 6.09 Å².